The monoisotopic (exact) mass is 396 g/mol. The summed E-state index contributed by atoms with van der Waals surface area (Å²) < 4.78 is 40.8. The van der Waals surface area contributed by atoms with Crippen LogP contribution in [0.2, 0.25) is 0 Å². The second-order valence-corrected chi connectivity index (χ2v) is 8.29. The van der Waals surface area contributed by atoms with E-state index in [-0.39, 0.29) is 5.75 Å². The quantitative estimate of drug-likeness (QED) is 0.341. The van der Waals surface area contributed by atoms with E-state index >= 15 is 0 Å². The first-order valence-corrected chi connectivity index (χ1v) is 10.9. The fourth-order valence-electron chi connectivity index (χ4n) is 4.62. The Bertz CT molecular complexity index is 556. The van der Waals surface area contributed by atoms with Gasteiger partial charge in [-0.3, -0.25) is 0 Å². The van der Waals surface area contributed by atoms with Crippen molar-refractivity contribution in [2.24, 2.45) is 11.8 Å². The lowest BCUT2D eigenvalue weighted by Crippen LogP contribution is -2.17. The van der Waals surface area contributed by atoms with Gasteiger partial charge in [0, 0.05) is 0 Å². The molecule has 0 N–H and O–H groups in total. The molecule has 0 spiro atoms. The van der Waals surface area contributed by atoms with Gasteiger partial charge in [0.05, 0.1) is 0 Å². The molecule has 1 saturated carbocycles. The van der Waals surface area contributed by atoms with Crippen LogP contribution in [-0.2, 0) is 0 Å². The molecule has 1 aromatic rings. The average molecular weight is 397 g/mol. The molecule has 0 aromatic heterocycles. The van der Waals surface area contributed by atoms with Crippen molar-refractivity contribution in [2.45, 2.75) is 89.8 Å². The molecule has 4 heteroatoms. The molecule has 1 aliphatic rings. The van der Waals surface area contributed by atoms with Crippen LogP contribution in [0.15, 0.2) is 36.9 Å². The minimum Gasteiger partial charge on any atom is -0.406 e. The number of hydrogen-bond acceptors (Lipinski definition) is 1. The second-order valence-electron chi connectivity index (χ2n) is 8.29. The molecule has 1 aromatic carbocycles. The molecule has 0 saturated heterocycles. The van der Waals surface area contributed by atoms with Gasteiger partial charge in [-0.15, -0.1) is 19.8 Å². The van der Waals surface area contributed by atoms with Gasteiger partial charge in [-0.1, -0.05) is 57.2 Å². The fourth-order valence-corrected chi connectivity index (χ4v) is 4.62. The van der Waals surface area contributed by atoms with E-state index in [0.29, 0.717) is 5.92 Å². The third kappa shape index (κ3) is 8.28. The minimum absolute atomic E-state index is 0.136. The van der Waals surface area contributed by atoms with Gasteiger partial charge in [0.25, 0.3) is 0 Å². The standard InChI is InChI=1S/C24H35F3O/c1-3-5-8-19(7-4-2)9-6-10-20-11-13-21(14-12-20)22-15-17-23(18-16-22)28-24(25,26)27/h3,15-21H,1,4-14H2,2H3. The third-order valence-electron chi connectivity index (χ3n) is 6.13. The average Bonchev–Trinajstić information content (AvgIpc) is 2.66. The predicted octanol–water partition coefficient (Wildman–Crippen LogP) is 8.41. The van der Waals surface area contributed by atoms with Crippen molar-refractivity contribution in [3.8, 4) is 5.75 Å². The van der Waals surface area contributed by atoms with Crippen LogP contribution < -0.4 is 4.74 Å². The molecule has 2 rings (SSSR count). The molecule has 1 fully saturated rings. The lowest BCUT2D eigenvalue weighted by molar-refractivity contribution is -0.274. The van der Waals surface area contributed by atoms with Crippen LogP contribution >= 0.6 is 0 Å². The molecule has 0 bridgehead atoms. The smallest absolute Gasteiger partial charge is 0.406 e. The number of benzene rings is 1. The van der Waals surface area contributed by atoms with E-state index < -0.39 is 6.36 Å². The van der Waals surface area contributed by atoms with Gasteiger partial charge in [-0.2, -0.15) is 0 Å². The van der Waals surface area contributed by atoms with Gasteiger partial charge in [-0.25, -0.2) is 0 Å². The van der Waals surface area contributed by atoms with Gasteiger partial charge >= 0.3 is 6.36 Å². The van der Waals surface area contributed by atoms with Crippen molar-refractivity contribution in [1.82, 2.24) is 0 Å². The molecule has 158 valence electrons. The van der Waals surface area contributed by atoms with Crippen molar-refractivity contribution in [1.29, 1.82) is 0 Å². The molecular formula is C24H35F3O. The Morgan fingerprint density at radius 3 is 2.32 bits per heavy atom. The summed E-state index contributed by atoms with van der Waals surface area (Å²) in [6.07, 6.45) is 11.1. The number of hydrogen-bond donors (Lipinski definition) is 0. The molecule has 1 unspecified atom stereocenters. The Labute approximate surface area is 168 Å². The summed E-state index contributed by atoms with van der Waals surface area (Å²) in [6, 6.07) is 6.46. The molecule has 1 aliphatic carbocycles. The second kappa shape index (κ2) is 11.5. The fraction of sp³-hybridized carbons (Fsp3) is 0.667. The number of ether oxygens (including phenoxy) is 1. The van der Waals surface area contributed by atoms with Gasteiger partial charge in [0.15, 0.2) is 0 Å². The number of alkyl halides is 3. The van der Waals surface area contributed by atoms with Gasteiger partial charge in [-0.05, 0) is 74.0 Å². The summed E-state index contributed by atoms with van der Waals surface area (Å²) >= 11 is 0. The summed E-state index contributed by atoms with van der Waals surface area (Å²) in [4.78, 5) is 0. The number of halogens is 3. The van der Waals surface area contributed by atoms with Crippen LogP contribution in [0.25, 0.3) is 0 Å². The van der Waals surface area contributed by atoms with Gasteiger partial charge < -0.3 is 4.74 Å². The largest absolute Gasteiger partial charge is 0.573 e. The first kappa shape index (κ1) is 22.8. The predicted molar refractivity (Wildman–Crippen MR) is 110 cm³/mol. The molecule has 0 radical (unpaired) electrons. The lowest BCUT2D eigenvalue weighted by Gasteiger charge is -2.29. The maximum atomic E-state index is 12.3. The Morgan fingerprint density at radius 1 is 1.07 bits per heavy atom. The molecule has 28 heavy (non-hydrogen) atoms. The zero-order valence-electron chi connectivity index (χ0n) is 17.1. The SMILES string of the molecule is C=CCCC(CCC)CCCC1CCC(c2ccc(OC(F)(F)F)cc2)CC1. The number of rotatable bonds is 11. The van der Waals surface area contributed by atoms with Crippen molar-refractivity contribution in [3.63, 3.8) is 0 Å². The molecular weight excluding hydrogens is 361 g/mol. The summed E-state index contributed by atoms with van der Waals surface area (Å²) in [6.45, 7) is 6.11. The first-order chi connectivity index (χ1) is 13.4. The van der Waals surface area contributed by atoms with E-state index in [2.05, 4.69) is 18.2 Å². The highest BCUT2D eigenvalue weighted by Gasteiger charge is 2.31. The van der Waals surface area contributed by atoms with Crippen LogP contribution in [0.3, 0.4) is 0 Å². The van der Waals surface area contributed by atoms with Crippen LogP contribution in [0.1, 0.15) is 89.0 Å². The zero-order chi connectivity index (χ0) is 20.4. The highest BCUT2D eigenvalue weighted by atomic mass is 19.4. The highest BCUT2D eigenvalue weighted by Crippen LogP contribution is 2.38. The minimum atomic E-state index is -4.62. The van der Waals surface area contributed by atoms with E-state index in [9.17, 15) is 13.2 Å². The Morgan fingerprint density at radius 2 is 1.75 bits per heavy atom. The molecule has 1 nitrogen and oxygen atoms in total. The summed E-state index contributed by atoms with van der Waals surface area (Å²) in [5.41, 5.74) is 1.14. The Kier molecular flexibility index (Phi) is 9.40. The zero-order valence-corrected chi connectivity index (χ0v) is 17.1. The van der Waals surface area contributed by atoms with Crippen molar-refractivity contribution in [3.05, 3.63) is 42.5 Å². The van der Waals surface area contributed by atoms with Gasteiger partial charge in [0.1, 0.15) is 5.75 Å². The Balaban J connectivity index is 1.71. The van der Waals surface area contributed by atoms with Crippen molar-refractivity contribution >= 4 is 0 Å². The van der Waals surface area contributed by atoms with E-state index in [4.69, 9.17) is 0 Å². The third-order valence-corrected chi connectivity index (χ3v) is 6.13. The summed E-state index contributed by atoms with van der Waals surface area (Å²) in [5.74, 6) is 1.99. The Hall–Kier alpha value is -1.45. The van der Waals surface area contributed by atoms with E-state index in [1.807, 2.05) is 6.08 Å². The summed E-state index contributed by atoms with van der Waals surface area (Å²) in [5, 5.41) is 0. The molecule has 0 amide bonds. The van der Waals surface area contributed by atoms with E-state index in [1.165, 1.54) is 63.5 Å². The van der Waals surface area contributed by atoms with E-state index in [0.717, 1.165) is 36.7 Å². The van der Waals surface area contributed by atoms with E-state index in [1.54, 1.807) is 12.1 Å². The van der Waals surface area contributed by atoms with Crippen molar-refractivity contribution < 1.29 is 17.9 Å². The number of allylic oxidation sites excluding steroid dienone is 1. The van der Waals surface area contributed by atoms with Crippen LogP contribution in [0, 0.1) is 11.8 Å². The van der Waals surface area contributed by atoms with Crippen LogP contribution in [0.4, 0.5) is 13.2 Å². The molecule has 1 atom stereocenters. The van der Waals surface area contributed by atoms with Crippen LogP contribution in [0.5, 0.6) is 5.75 Å². The maximum absolute atomic E-state index is 12.3. The summed E-state index contributed by atoms with van der Waals surface area (Å²) in [7, 11) is 0. The lowest BCUT2D eigenvalue weighted by atomic mass is 9.76. The maximum Gasteiger partial charge on any atom is 0.573 e. The van der Waals surface area contributed by atoms with Crippen LogP contribution in [-0.4, -0.2) is 6.36 Å². The first-order valence-electron chi connectivity index (χ1n) is 10.9. The molecule has 0 heterocycles. The molecule has 0 aliphatic heterocycles. The topological polar surface area (TPSA) is 9.23 Å². The highest BCUT2D eigenvalue weighted by molar-refractivity contribution is 5.29. The van der Waals surface area contributed by atoms with Gasteiger partial charge in [0.2, 0.25) is 0 Å². The van der Waals surface area contributed by atoms with Crippen molar-refractivity contribution in [2.75, 3.05) is 0 Å². The normalized spacial score (nSPS) is 21.3.